The van der Waals surface area contributed by atoms with Gasteiger partial charge in [0.15, 0.2) is 5.82 Å². The number of rotatable bonds is 6. The van der Waals surface area contributed by atoms with Gasteiger partial charge < -0.3 is 15.6 Å². The maximum absolute atomic E-state index is 10.7. The van der Waals surface area contributed by atoms with Gasteiger partial charge in [-0.25, -0.2) is 9.97 Å². The molecule has 106 valence electrons. The molecule has 1 aromatic heterocycles. The highest BCUT2D eigenvalue weighted by atomic mass is 32.2. The van der Waals surface area contributed by atoms with Crippen LogP contribution in [0.5, 0.6) is 0 Å². The summed E-state index contributed by atoms with van der Waals surface area (Å²) in [6.07, 6.45) is 0. The molecular weight excluding hydrogens is 278 g/mol. The van der Waals surface area contributed by atoms with E-state index in [0.29, 0.717) is 29.8 Å². The molecule has 2 rings (SSSR count). The molecule has 0 saturated heterocycles. The van der Waals surface area contributed by atoms with E-state index in [1.54, 1.807) is 18.2 Å². The maximum Gasteiger partial charge on any atom is 0.313 e. The van der Waals surface area contributed by atoms with Crippen LogP contribution in [0.1, 0.15) is 12.7 Å². The van der Waals surface area contributed by atoms with Crippen molar-refractivity contribution >= 4 is 34.3 Å². The van der Waals surface area contributed by atoms with Gasteiger partial charge in [-0.15, -0.1) is 0 Å². The standard InChI is InChI=1S/C13H15N3O3S/c1-2-19-6-11-15-10-4-3-8(14)5-9(10)13(16-11)20-7-12(17)18/h3-5H,2,6-7,14H2,1H3,(H,17,18). The molecule has 0 atom stereocenters. The van der Waals surface area contributed by atoms with Crippen LogP contribution in [0, 0.1) is 0 Å². The average Bonchev–Trinajstić information content (AvgIpc) is 2.42. The van der Waals surface area contributed by atoms with Crippen LogP contribution in [0.3, 0.4) is 0 Å². The molecule has 1 heterocycles. The van der Waals surface area contributed by atoms with E-state index < -0.39 is 5.97 Å². The Morgan fingerprint density at radius 1 is 1.45 bits per heavy atom. The molecule has 2 aromatic rings. The molecule has 0 bridgehead atoms. The topological polar surface area (TPSA) is 98.3 Å². The zero-order chi connectivity index (χ0) is 14.5. The molecule has 0 amide bonds. The summed E-state index contributed by atoms with van der Waals surface area (Å²) in [6, 6.07) is 5.31. The van der Waals surface area contributed by atoms with Crippen molar-refractivity contribution in [2.45, 2.75) is 18.6 Å². The Kier molecular flexibility index (Phi) is 4.75. The Labute approximate surface area is 120 Å². The number of fused-ring (bicyclic) bond motifs is 1. The smallest absolute Gasteiger partial charge is 0.313 e. The average molecular weight is 293 g/mol. The number of ether oxygens (including phenoxy) is 1. The molecule has 0 fully saturated rings. The Morgan fingerprint density at radius 3 is 2.95 bits per heavy atom. The second-order valence-corrected chi connectivity index (χ2v) is 5.01. The van der Waals surface area contributed by atoms with Crippen LogP contribution in [0.4, 0.5) is 5.69 Å². The van der Waals surface area contributed by atoms with E-state index in [1.807, 2.05) is 6.92 Å². The first kappa shape index (κ1) is 14.5. The van der Waals surface area contributed by atoms with Gasteiger partial charge >= 0.3 is 5.97 Å². The number of carbonyl (C=O) groups is 1. The number of nitrogens with zero attached hydrogens (tertiary/aromatic N) is 2. The van der Waals surface area contributed by atoms with Gasteiger partial charge in [0, 0.05) is 17.7 Å². The first-order valence-electron chi connectivity index (χ1n) is 6.08. The minimum Gasteiger partial charge on any atom is -0.481 e. The SMILES string of the molecule is CCOCc1nc(SCC(=O)O)c2cc(N)ccc2n1. The third-order valence-corrected chi connectivity index (χ3v) is 3.47. The van der Waals surface area contributed by atoms with Crippen LogP contribution < -0.4 is 5.73 Å². The fourth-order valence-electron chi connectivity index (χ4n) is 1.66. The Hall–Kier alpha value is -1.86. The molecule has 0 aliphatic rings. The van der Waals surface area contributed by atoms with Gasteiger partial charge in [0.2, 0.25) is 0 Å². The zero-order valence-electron chi connectivity index (χ0n) is 11.0. The van der Waals surface area contributed by atoms with Gasteiger partial charge in [-0.05, 0) is 25.1 Å². The highest BCUT2D eigenvalue weighted by Crippen LogP contribution is 2.27. The summed E-state index contributed by atoms with van der Waals surface area (Å²) in [5.41, 5.74) is 7.09. The Bertz CT molecular complexity index is 634. The van der Waals surface area contributed by atoms with Crippen molar-refractivity contribution in [1.29, 1.82) is 0 Å². The molecule has 7 heteroatoms. The molecule has 1 aromatic carbocycles. The quantitative estimate of drug-likeness (QED) is 0.477. The first-order valence-corrected chi connectivity index (χ1v) is 7.07. The summed E-state index contributed by atoms with van der Waals surface area (Å²) in [7, 11) is 0. The zero-order valence-corrected chi connectivity index (χ0v) is 11.8. The van der Waals surface area contributed by atoms with E-state index in [1.165, 1.54) is 0 Å². The second-order valence-electron chi connectivity index (χ2n) is 4.04. The summed E-state index contributed by atoms with van der Waals surface area (Å²) in [4.78, 5) is 19.5. The van der Waals surface area contributed by atoms with Gasteiger partial charge in [-0.3, -0.25) is 4.79 Å². The van der Waals surface area contributed by atoms with E-state index in [2.05, 4.69) is 9.97 Å². The Morgan fingerprint density at radius 2 is 2.25 bits per heavy atom. The van der Waals surface area contributed by atoms with E-state index in [0.717, 1.165) is 22.7 Å². The molecule has 3 N–H and O–H groups in total. The number of hydrogen-bond donors (Lipinski definition) is 2. The van der Waals surface area contributed by atoms with Crippen LogP contribution in [0.2, 0.25) is 0 Å². The van der Waals surface area contributed by atoms with Crippen LogP contribution in [-0.2, 0) is 16.1 Å². The first-order chi connectivity index (χ1) is 9.60. The van der Waals surface area contributed by atoms with Crippen molar-refractivity contribution in [3.8, 4) is 0 Å². The van der Waals surface area contributed by atoms with Gasteiger partial charge in [0.05, 0.1) is 11.3 Å². The number of aromatic nitrogens is 2. The van der Waals surface area contributed by atoms with Gasteiger partial charge in [0.25, 0.3) is 0 Å². The third kappa shape index (κ3) is 3.58. The lowest BCUT2D eigenvalue weighted by molar-refractivity contribution is -0.133. The minimum atomic E-state index is -0.892. The number of thioether (sulfide) groups is 1. The molecule has 0 spiro atoms. The third-order valence-electron chi connectivity index (χ3n) is 2.50. The lowest BCUT2D eigenvalue weighted by atomic mass is 10.2. The number of hydrogen-bond acceptors (Lipinski definition) is 6. The fraction of sp³-hybridized carbons (Fsp3) is 0.308. The molecule has 0 aliphatic carbocycles. The van der Waals surface area contributed by atoms with Crippen LogP contribution in [0.15, 0.2) is 23.2 Å². The summed E-state index contributed by atoms with van der Waals surface area (Å²) >= 11 is 1.15. The monoisotopic (exact) mass is 293 g/mol. The molecule has 0 radical (unpaired) electrons. The lowest BCUT2D eigenvalue weighted by Crippen LogP contribution is -2.03. The largest absolute Gasteiger partial charge is 0.481 e. The number of carboxylic acid groups (broad SMARTS) is 1. The van der Waals surface area contributed by atoms with Crippen LogP contribution in [0.25, 0.3) is 10.9 Å². The summed E-state index contributed by atoms with van der Waals surface area (Å²) < 4.78 is 5.30. The molecular formula is C13H15N3O3S. The van der Waals surface area contributed by atoms with Crippen molar-refractivity contribution < 1.29 is 14.6 Å². The van der Waals surface area contributed by atoms with E-state index in [-0.39, 0.29) is 5.75 Å². The van der Waals surface area contributed by atoms with Crippen LogP contribution >= 0.6 is 11.8 Å². The number of nitrogens with two attached hydrogens (primary N) is 1. The van der Waals surface area contributed by atoms with Crippen molar-refractivity contribution in [3.63, 3.8) is 0 Å². The summed E-state index contributed by atoms with van der Waals surface area (Å²) in [5.74, 6) is -0.413. The Balaban J connectivity index is 2.42. The van der Waals surface area contributed by atoms with Crippen molar-refractivity contribution in [3.05, 3.63) is 24.0 Å². The van der Waals surface area contributed by atoms with Gasteiger partial charge in [0.1, 0.15) is 11.6 Å². The normalized spacial score (nSPS) is 10.8. The molecule has 0 unspecified atom stereocenters. The van der Waals surface area contributed by atoms with Gasteiger partial charge in [-0.1, -0.05) is 11.8 Å². The van der Waals surface area contributed by atoms with Crippen molar-refractivity contribution in [2.24, 2.45) is 0 Å². The predicted octanol–water partition coefficient (Wildman–Crippen LogP) is 1.93. The lowest BCUT2D eigenvalue weighted by Gasteiger charge is -2.08. The molecule has 0 saturated carbocycles. The maximum atomic E-state index is 10.7. The molecule has 0 aliphatic heterocycles. The highest BCUT2D eigenvalue weighted by Gasteiger charge is 2.10. The van der Waals surface area contributed by atoms with E-state index >= 15 is 0 Å². The number of aliphatic carboxylic acids is 1. The molecule has 20 heavy (non-hydrogen) atoms. The summed E-state index contributed by atoms with van der Waals surface area (Å²) in [6.45, 7) is 2.76. The number of nitrogen functional groups attached to an aromatic ring is 1. The van der Waals surface area contributed by atoms with E-state index in [9.17, 15) is 4.79 Å². The summed E-state index contributed by atoms with van der Waals surface area (Å²) in [5, 5.41) is 10.2. The van der Waals surface area contributed by atoms with Gasteiger partial charge in [-0.2, -0.15) is 0 Å². The highest BCUT2D eigenvalue weighted by molar-refractivity contribution is 8.00. The van der Waals surface area contributed by atoms with Crippen LogP contribution in [-0.4, -0.2) is 33.4 Å². The predicted molar refractivity (Wildman–Crippen MR) is 77.6 cm³/mol. The van der Waals surface area contributed by atoms with Crippen molar-refractivity contribution in [1.82, 2.24) is 9.97 Å². The van der Waals surface area contributed by atoms with E-state index in [4.69, 9.17) is 15.6 Å². The number of carboxylic acids is 1. The fourth-order valence-corrected chi connectivity index (χ4v) is 2.41. The van der Waals surface area contributed by atoms with Crippen molar-refractivity contribution in [2.75, 3.05) is 18.1 Å². The number of anilines is 1. The number of benzene rings is 1. The minimum absolute atomic E-state index is 0.0605. The second kappa shape index (κ2) is 6.53. The molecule has 6 nitrogen and oxygen atoms in total.